The number of nitrogens with one attached hydrogen (secondary N) is 3. The van der Waals surface area contributed by atoms with Crippen LogP contribution in [0, 0.1) is 5.92 Å². The number of para-hydroxylation sites is 1. The average Bonchev–Trinajstić information content (AvgIpc) is 3.20. The Bertz CT molecular complexity index is 898. The van der Waals surface area contributed by atoms with Crippen molar-refractivity contribution in [2.24, 2.45) is 5.92 Å². The minimum Gasteiger partial charge on any atom is -0.361 e. The van der Waals surface area contributed by atoms with Gasteiger partial charge in [-0.05, 0) is 43.2 Å². The third kappa shape index (κ3) is 3.74. The van der Waals surface area contributed by atoms with E-state index in [1.807, 2.05) is 30.5 Å². The van der Waals surface area contributed by atoms with Crippen LogP contribution in [0.4, 0.5) is 4.79 Å². The summed E-state index contributed by atoms with van der Waals surface area (Å²) in [5.74, 6) is 0.0860. The highest BCUT2D eigenvalue weighted by atomic mass is 16.2. The Morgan fingerprint density at radius 3 is 2.71 bits per heavy atom. The van der Waals surface area contributed by atoms with Crippen LogP contribution in [0.25, 0.3) is 10.9 Å². The van der Waals surface area contributed by atoms with Crippen molar-refractivity contribution in [3.63, 3.8) is 0 Å². The van der Waals surface area contributed by atoms with Gasteiger partial charge in [-0.1, -0.05) is 25.1 Å². The SMILES string of the molecule is CC1CCC(NC(=O)CN2C(=O)N[C@H](Cc3c[nH]c4ccccc34)C2=O)CC1. The Hall–Kier alpha value is -2.83. The van der Waals surface area contributed by atoms with Crippen molar-refractivity contribution in [3.05, 3.63) is 36.0 Å². The van der Waals surface area contributed by atoms with Gasteiger partial charge in [-0.2, -0.15) is 0 Å². The lowest BCUT2D eigenvalue weighted by atomic mass is 9.87. The van der Waals surface area contributed by atoms with Crippen molar-refractivity contribution in [2.45, 2.75) is 51.1 Å². The normalized spacial score (nSPS) is 25.2. The van der Waals surface area contributed by atoms with Crippen LogP contribution in [0.3, 0.4) is 0 Å². The van der Waals surface area contributed by atoms with Crippen molar-refractivity contribution < 1.29 is 14.4 Å². The quantitative estimate of drug-likeness (QED) is 0.693. The lowest BCUT2D eigenvalue weighted by Crippen LogP contribution is -2.45. The first-order valence-electron chi connectivity index (χ1n) is 9.97. The number of rotatable bonds is 5. The fourth-order valence-corrected chi connectivity index (χ4v) is 4.21. The molecule has 2 fully saturated rings. The number of carbonyl (C=O) groups excluding carboxylic acids is 3. The van der Waals surface area contributed by atoms with Gasteiger partial charge < -0.3 is 15.6 Å². The molecule has 1 saturated heterocycles. The van der Waals surface area contributed by atoms with Crippen molar-refractivity contribution >= 4 is 28.7 Å². The number of aromatic nitrogens is 1. The monoisotopic (exact) mass is 382 g/mol. The molecule has 0 bridgehead atoms. The molecular weight excluding hydrogens is 356 g/mol. The standard InChI is InChI=1S/C21H26N4O3/c1-13-6-8-15(9-7-13)23-19(26)12-25-20(27)18(24-21(25)28)10-14-11-22-17-5-3-2-4-16(14)17/h2-5,11,13,15,18,22H,6-10,12H2,1H3,(H,23,26)(H,24,28)/t13?,15?,18-/m1/s1. The van der Waals surface area contributed by atoms with Crippen LogP contribution in [0.5, 0.6) is 0 Å². The minimum atomic E-state index is -0.643. The molecule has 0 unspecified atom stereocenters. The zero-order valence-electron chi connectivity index (χ0n) is 16.0. The summed E-state index contributed by atoms with van der Waals surface area (Å²) in [6.07, 6.45) is 6.37. The number of H-pyrrole nitrogens is 1. The van der Waals surface area contributed by atoms with E-state index in [1.165, 1.54) is 0 Å². The van der Waals surface area contributed by atoms with Crippen molar-refractivity contribution in [2.75, 3.05) is 6.54 Å². The van der Waals surface area contributed by atoms with Gasteiger partial charge in [0.2, 0.25) is 5.91 Å². The number of imide groups is 1. The molecule has 7 heteroatoms. The highest BCUT2D eigenvalue weighted by molar-refractivity contribution is 6.06. The second-order valence-corrected chi connectivity index (χ2v) is 8.01. The number of hydrogen-bond acceptors (Lipinski definition) is 3. The van der Waals surface area contributed by atoms with Crippen LogP contribution in [-0.4, -0.2) is 46.4 Å². The van der Waals surface area contributed by atoms with E-state index in [1.54, 1.807) is 0 Å². The third-order valence-corrected chi connectivity index (χ3v) is 5.89. The first-order valence-corrected chi connectivity index (χ1v) is 9.97. The molecule has 4 rings (SSSR count). The molecule has 1 saturated carbocycles. The predicted molar refractivity (Wildman–Crippen MR) is 106 cm³/mol. The van der Waals surface area contributed by atoms with E-state index in [-0.39, 0.29) is 24.4 Å². The summed E-state index contributed by atoms with van der Waals surface area (Å²) < 4.78 is 0. The number of benzene rings is 1. The smallest absolute Gasteiger partial charge is 0.325 e. The van der Waals surface area contributed by atoms with Gasteiger partial charge in [0.25, 0.3) is 5.91 Å². The van der Waals surface area contributed by atoms with Crippen molar-refractivity contribution in [1.29, 1.82) is 0 Å². The van der Waals surface area contributed by atoms with Gasteiger partial charge in [-0.25, -0.2) is 4.79 Å². The first-order chi connectivity index (χ1) is 13.5. The van der Waals surface area contributed by atoms with E-state index in [0.717, 1.165) is 47.0 Å². The van der Waals surface area contributed by atoms with Gasteiger partial charge >= 0.3 is 6.03 Å². The summed E-state index contributed by atoms with van der Waals surface area (Å²) in [6.45, 7) is 2.00. The maximum Gasteiger partial charge on any atom is 0.325 e. The molecule has 1 aliphatic heterocycles. The molecule has 7 nitrogen and oxygen atoms in total. The molecule has 0 spiro atoms. The number of carbonyl (C=O) groups is 3. The number of aromatic amines is 1. The molecule has 2 aliphatic rings. The Morgan fingerprint density at radius 2 is 1.93 bits per heavy atom. The summed E-state index contributed by atoms with van der Waals surface area (Å²) in [4.78, 5) is 41.5. The van der Waals surface area contributed by atoms with E-state index >= 15 is 0 Å². The molecule has 1 aliphatic carbocycles. The van der Waals surface area contributed by atoms with Crippen LogP contribution in [-0.2, 0) is 16.0 Å². The van der Waals surface area contributed by atoms with Gasteiger partial charge in [0.05, 0.1) is 0 Å². The van der Waals surface area contributed by atoms with Crippen LogP contribution in [0.1, 0.15) is 38.2 Å². The van der Waals surface area contributed by atoms with E-state index in [4.69, 9.17) is 0 Å². The predicted octanol–water partition coefficient (Wildman–Crippen LogP) is 2.33. The van der Waals surface area contributed by atoms with Crippen LogP contribution < -0.4 is 10.6 Å². The molecule has 1 atom stereocenters. The Kier molecular flexibility index (Phi) is 5.07. The zero-order valence-corrected chi connectivity index (χ0v) is 16.0. The molecule has 2 heterocycles. The van der Waals surface area contributed by atoms with E-state index in [9.17, 15) is 14.4 Å². The molecule has 1 aromatic heterocycles. The van der Waals surface area contributed by atoms with Gasteiger partial charge in [0.1, 0.15) is 12.6 Å². The molecule has 28 heavy (non-hydrogen) atoms. The lowest BCUT2D eigenvalue weighted by Gasteiger charge is -2.27. The molecular formula is C21H26N4O3. The van der Waals surface area contributed by atoms with Crippen LogP contribution in [0.2, 0.25) is 0 Å². The maximum absolute atomic E-state index is 12.7. The summed E-state index contributed by atoms with van der Waals surface area (Å²) in [6, 6.07) is 6.84. The lowest BCUT2D eigenvalue weighted by molar-refractivity contribution is -0.132. The van der Waals surface area contributed by atoms with Crippen molar-refractivity contribution in [1.82, 2.24) is 20.5 Å². The molecule has 1 aromatic carbocycles. The van der Waals surface area contributed by atoms with E-state index in [0.29, 0.717) is 12.3 Å². The highest BCUT2D eigenvalue weighted by Gasteiger charge is 2.39. The van der Waals surface area contributed by atoms with Crippen molar-refractivity contribution in [3.8, 4) is 0 Å². The Morgan fingerprint density at radius 1 is 1.18 bits per heavy atom. The third-order valence-electron chi connectivity index (χ3n) is 5.89. The summed E-state index contributed by atoms with van der Waals surface area (Å²) in [5, 5.41) is 6.72. The number of fused-ring (bicyclic) bond motifs is 1. The second kappa shape index (κ2) is 7.66. The summed E-state index contributed by atoms with van der Waals surface area (Å²) in [7, 11) is 0. The largest absolute Gasteiger partial charge is 0.361 e. The van der Waals surface area contributed by atoms with Gasteiger partial charge in [0.15, 0.2) is 0 Å². The fourth-order valence-electron chi connectivity index (χ4n) is 4.21. The molecule has 3 N–H and O–H groups in total. The van der Waals surface area contributed by atoms with Crippen LogP contribution >= 0.6 is 0 Å². The molecule has 4 amide bonds. The average molecular weight is 382 g/mol. The highest BCUT2D eigenvalue weighted by Crippen LogP contribution is 2.24. The molecule has 0 radical (unpaired) electrons. The minimum absolute atomic E-state index is 0.145. The zero-order chi connectivity index (χ0) is 19.7. The topological polar surface area (TPSA) is 94.3 Å². The second-order valence-electron chi connectivity index (χ2n) is 8.01. The van der Waals surface area contributed by atoms with E-state index in [2.05, 4.69) is 22.5 Å². The first kappa shape index (κ1) is 18.5. The summed E-state index contributed by atoms with van der Waals surface area (Å²) >= 11 is 0. The maximum atomic E-state index is 12.7. The van der Waals surface area contributed by atoms with E-state index < -0.39 is 12.1 Å². The Balaban J connectivity index is 1.36. The number of nitrogens with zero attached hydrogens (tertiary/aromatic N) is 1. The number of urea groups is 1. The van der Waals surface area contributed by atoms with Crippen LogP contribution in [0.15, 0.2) is 30.5 Å². The van der Waals surface area contributed by atoms with Gasteiger partial charge in [-0.15, -0.1) is 0 Å². The molecule has 148 valence electrons. The van der Waals surface area contributed by atoms with Gasteiger partial charge in [-0.3, -0.25) is 14.5 Å². The Labute approximate surface area is 163 Å². The number of hydrogen-bond donors (Lipinski definition) is 3. The van der Waals surface area contributed by atoms with Gasteiger partial charge in [0, 0.05) is 29.6 Å². The number of amides is 4. The fraction of sp³-hybridized carbons (Fsp3) is 0.476. The summed E-state index contributed by atoms with van der Waals surface area (Å²) in [5.41, 5.74) is 1.96. The molecule has 2 aromatic rings.